The van der Waals surface area contributed by atoms with Crippen LogP contribution in [0.15, 0.2) is 42.5 Å². The third-order valence-corrected chi connectivity index (χ3v) is 5.76. The summed E-state index contributed by atoms with van der Waals surface area (Å²) in [6.07, 6.45) is 0.512. The average Bonchev–Trinajstić information content (AvgIpc) is 3.22. The molecule has 1 atom stereocenters. The Morgan fingerprint density at radius 3 is 2.47 bits per heavy atom. The van der Waals surface area contributed by atoms with E-state index in [1.807, 2.05) is 23.1 Å². The number of nitrogens with zero attached hydrogens (tertiary/aromatic N) is 3. The number of aryl methyl sites for hydroxylation is 2. The third-order valence-electron chi connectivity index (χ3n) is 5.76. The number of aromatic nitrogens is 2. The molecule has 30 heavy (non-hydrogen) atoms. The molecule has 4 rings (SSSR count). The Morgan fingerprint density at radius 2 is 1.80 bits per heavy atom. The summed E-state index contributed by atoms with van der Waals surface area (Å²) in [6, 6.07) is 14.5. The fourth-order valence-corrected chi connectivity index (χ4v) is 4.44. The molecule has 0 radical (unpaired) electrons. The number of fused-ring (bicyclic) bond motifs is 1. The highest BCUT2D eigenvalue weighted by atomic mass is 16.5. The first-order valence-corrected chi connectivity index (χ1v) is 10.7. The number of benzene rings is 2. The van der Waals surface area contributed by atoms with Gasteiger partial charge in [-0.2, -0.15) is 0 Å². The molecule has 2 heterocycles. The molecule has 1 fully saturated rings. The van der Waals surface area contributed by atoms with Crippen LogP contribution in [0.2, 0.25) is 0 Å². The molecule has 0 bridgehead atoms. The standard InChI is InChI=1S/C25H31N3O2/c1-17-12-18(2)14-20(13-17)30-11-10-27-22-9-7-6-8-21(22)26-24(27)19-15-23(29)28(16-19)25(3,4)5/h6-9,12-14,19H,10-11,15-16H2,1-5H3. The Kier molecular flexibility index (Phi) is 5.31. The third kappa shape index (κ3) is 4.07. The highest BCUT2D eigenvalue weighted by Crippen LogP contribution is 2.33. The van der Waals surface area contributed by atoms with Crippen molar-refractivity contribution in [1.29, 1.82) is 0 Å². The molecule has 0 aliphatic carbocycles. The Balaban J connectivity index is 1.59. The molecule has 3 aromatic rings. The van der Waals surface area contributed by atoms with Crippen LogP contribution in [0.5, 0.6) is 5.75 Å². The minimum Gasteiger partial charge on any atom is -0.492 e. The molecule has 0 saturated carbocycles. The summed E-state index contributed by atoms with van der Waals surface area (Å²) in [6.45, 7) is 12.4. The number of rotatable bonds is 5. The SMILES string of the molecule is Cc1cc(C)cc(OCCn2c(C3CC(=O)N(C(C)(C)C)C3)nc3ccccc32)c1. The zero-order chi connectivity index (χ0) is 21.5. The Labute approximate surface area is 178 Å². The van der Waals surface area contributed by atoms with Crippen molar-refractivity contribution >= 4 is 16.9 Å². The molecule has 1 aromatic heterocycles. The van der Waals surface area contributed by atoms with Gasteiger partial charge in [-0.3, -0.25) is 4.79 Å². The average molecular weight is 406 g/mol. The van der Waals surface area contributed by atoms with E-state index < -0.39 is 0 Å². The summed E-state index contributed by atoms with van der Waals surface area (Å²) in [4.78, 5) is 19.6. The summed E-state index contributed by atoms with van der Waals surface area (Å²) < 4.78 is 8.32. The maximum absolute atomic E-state index is 12.7. The van der Waals surface area contributed by atoms with Gasteiger partial charge in [-0.1, -0.05) is 18.2 Å². The Hall–Kier alpha value is -2.82. The van der Waals surface area contributed by atoms with E-state index in [9.17, 15) is 4.79 Å². The number of imidazole rings is 1. The largest absolute Gasteiger partial charge is 0.492 e. The van der Waals surface area contributed by atoms with Gasteiger partial charge in [0.05, 0.1) is 17.6 Å². The van der Waals surface area contributed by atoms with Gasteiger partial charge in [0.1, 0.15) is 18.2 Å². The second-order valence-electron chi connectivity index (χ2n) is 9.36. The number of para-hydroxylation sites is 2. The first-order valence-electron chi connectivity index (χ1n) is 10.7. The maximum Gasteiger partial charge on any atom is 0.223 e. The van der Waals surface area contributed by atoms with Crippen LogP contribution in [0.25, 0.3) is 11.0 Å². The number of likely N-dealkylation sites (tertiary alicyclic amines) is 1. The van der Waals surface area contributed by atoms with E-state index in [0.29, 0.717) is 26.1 Å². The Bertz CT molecular complexity index is 1060. The number of carbonyl (C=O) groups excluding carboxylic acids is 1. The number of hydrogen-bond donors (Lipinski definition) is 0. The fraction of sp³-hybridized carbons (Fsp3) is 0.440. The van der Waals surface area contributed by atoms with Crippen LogP contribution in [0, 0.1) is 13.8 Å². The van der Waals surface area contributed by atoms with Crippen LogP contribution in [0.1, 0.15) is 50.1 Å². The first-order chi connectivity index (χ1) is 14.2. The van der Waals surface area contributed by atoms with E-state index in [4.69, 9.17) is 9.72 Å². The lowest BCUT2D eigenvalue weighted by Gasteiger charge is -2.32. The topological polar surface area (TPSA) is 47.4 Å². The Morgan fingerprint density at radius 1 is 1.10 bits per heavy atom. The maximum atomic E-state index is 12.7. The quantitative estimate of drug-likeness (QED) is 0.610. The summed E-state index contributed by atoms with van der Waals surface area (Å²) in [7, 11) is 0. The van der Waals surface area contributed by atoms with Crippen LogP contribution < -0.4 is 4.74 Å². The van der Waals surface area contributed by atoms with E-state index in [1.54, 1.807) is 0 Å². The normalized spacial score (nSPS) is 17.2. The molecule has 5 nitrogen and oxygen atoms in total. The second-order valence-corrected chi connectivity index (χ2v) is 9.36. The van der Waals surface area contributed by atoms with Crippen LogP contribution >= 0.6 is 0 Å². The molecule has 1 amide bonds. The lowest BCUT2D eigenvalue weighted by molar-refractivity contribution is -0.131. The van der Waals surface area contributed by atoms with Gasteiger partial charge in [-0.15, -0.1) is 0 Å². The number of carbonyl (C=O) groups is 1. The number of hydrogen-bond acceptors (Lipinski definition) is 3. The van der Waals surface area contributed by atoms with Gasteiger partial charge in [0.15, 0.2) is 0 Å². The van der Waals surface area contributed by atoms with Gasteiger partial charge < -0.3 is 14.2 Å². The van der Waals surface area contributed by atoms with Gasteiger partial charge >= 0.3 is 0 Å². The predicted octanol–water partition coefficient (Wildman–Crippen LogP) is 4.85. The van der Waals surface area contributed by atoms with Crippen LogP contribution in [0.4, 0.5) is 0 Å². The van der Waals surface area contributed by atoms with Crippen molar-refractivity contribution in [2.75, 3.05) is 13.2 Å². The summed E-state index contributed by atoms with van der Waals surface area (Å²) in [5.74, 6) is 2.19. The molecule has 0 spiro atoms. The molecule has 1 aliphatic heterocycles. The van der Waals surface area contributed by atoms with Crippen molar-refractivity contribution in [1.82, 2.24) is 14.5 Å². The summed E-state index contributed by atoms with van der Waals surface area (Å²) >= 11 is 0. The molecular formula is C25H31N3O2. The minimum absolute atomic E-state index is 0.102. The van der Waals surface area contributed by atoms with Crippen molar-refractivity contribution < 1.29 is 9.53 Å². The van der Waals surface area contributed by atoms with Gasteiger partial charge in [0.2, 0.25) is 5.91 Å². The first kappa shape index (κ1) is 20.5. The van der Waals surface area contributed by atoms with Crippen molar-refractivity contribution in [2.45, 2.75) is 59.0 Å². The van der Waals surface area contributed by atoms with Gasteiger partial charge in [0.25, 0.3) is 0 Å². The van der Waals surface area contributed by atoms with E-state index >= 15 is 0 Å². The van der Waals surface area contributed by atoms with Crippen LogP contribution in [-0.2, 0) is 11.3 Å². The van der Waals surface area contributed by atoms with Crippen molar-refractivity contribution in [2.24, 2.45) is 0 Å². The van der Waals surface area contributed by atoms with Gasteiger partial charge in [0, 0.05) is 24.4 Å². The molecule has 0 N–H and O–H groups in total. The zero-order valence-corrected chi connectivity index (χ0v) is 18.6. The van der Waals surface area contributed by atoms with Gasteiger partial charge in [-0.25, -0.2) is 4.98 Å². The molecule has 1 aliphatic rings. The molecule has 1 unspecified atom stereocenters. The molecule has 2 aromatic carbocycles. The smallest absolute Gasteiger partial charge is 0.223 e. The molecule has 1 saturated heterocycles. The predicted molar refractivity (Wildman–Crippen MR) is 120 cm³/mol. The van der Waals surface area contributed by atoms with Crippen LogP contribution in [-0.4, -0.2) is 39.0 Å². The fourth-order valence-electron chi connectivity index (χ4n) is 4.44. The van der Waals surface area contributed by atoms with Crippen molar-refractivity contribution in [3.63, 3.8) is 0 Å². The lowest BCUT2D eigenvalue weighted by Crippen LogP contribution is -2.42. The van der Waals surface area contributed by atoms with Gasteiger partial charge in [-0.05, 0) is 70.0 Å². The molecule has 158 valence electrons. The van der Waals surface area contributed by atoms with E-state index in [2.05, 4.69) is 63.5 Å². The zero-order valence-electron chi connectivity index (χ0n) is 18.6. The second kappa shape index (κ2) is 7.78. The molecular weight excluding hydrogens is 374 g/mol. The highest BCUT2D eigenvalue weighted by Gasteiger charge is 2.38. The lowest BCUT2D eigenvalue weighted by atomic mass is 10.1. The summed E-state index contributed by atoms with van der Waals surface area (Å²) in [5.41, 5.74) is 4.30. The van der Waals surface area contributed by atoms with E-state index in [1.165, 1.54) is 11.1 Å². The number of amides is 1. The highest BCUT2D eigenvalue weighted by molar-refractivity contribution is 5.81. The van der Waals surface area contributed by atoms with E-state index in [-0.39, 0.29) is 17.4 Å². The minimum atomic E-state index is -0.172. The molecule has 5 heteroatoms. The summed E-state index contributed by atoms with van der Waals surface area (Å²) in [5, 5.41) is 0. The van der Waals surface area contributed by atoms with Crippen LogP contribution in [0.3, 0.4) is 0 Å². The monoisotopic (exact) mass is 405 g/mol. The van der Waals surface area contributed by atoms with Crippen molar-refractivity contribution in [3.8, 4) is 5.75 Å². The van der Waals surface area contributed by atoms with Crippen molar-refractivity contribution in [3.05, 3.63) is 59.4 Å². The van der Waals surface area contributed by atoms with E-state index in [0.717, 1.165) is 22.6 Å². The number of ether oxygens (including phenoxy) is 1.